The first-order chi connectivity index (χ1) is 11.7. The zero-order chi connectivity index (χ0) is 16.8. The first-order valence-electron chi connectivity index (χ1n) is 9.39. The highest BCUT2D eigenvalue weighted by molar-refractivity contribution is 5.77. The van der Waals surface area contributed by atoms with Gasteiger partial charge in [0.2, 0.25) is 0 Å². The van der Waals surface area contributed by atoms with E-state index in [0.717, 1.165) is 25.6 Å². The highest BCUT2D eigenvalue weighted by Crippen LogP contribution is 2.24. The maximum absolute atomic E-state index is 11.2. The molecule has 0 aliphatic carbocycles. The van der Waals surface area contributed by atoms with Gasteiger partial charge in [0.05, 0.1) is 6.54 Å². The molecule has 0 amide bonds. The summed E-state index contributed by atoms with van der Waals surface area (Å²) in [5.41, 5.74) is 2.89. The molecule has 1 fully saturated rings. The predicted octanol–water partition coefficient (Wildman–Crippen LogP) is 3.47. The number of likely N-dealkylation sites (tertiary alicyclic amines) is 1. The first kappa shape index (κ1) is 17.4. The fraction of sp³-hybridized carbons (Fsp3) is 0.571. The zero-order valence-electron chi connectivity index (χ0n) is 14.9. The lowest BCUT2D eigenvalue weighted by Gasteiger charge is -2.33. The van der Waals surface area contributed by atoms with E-state index in [2.05, 4.69) is 46.2 Å². The fourth-order valence-corrected chi connectivity index (χ4v) is 3.94. The number of ketones is 1. The van der Waals surface area contributed by atoms with E-state index in [-0.39, 0.29) is 0 Å². The molecule has 0 spiro atoms. The van der Waals surface area contributed by atoms with Crippen molar-refractivity contribution in [1.29, 1.82) is 0 Å². The maximum atomic E-state index is 11.2. The van der Waals surface area contributed by atoms with Crippen LogP contribution in [-0.2, 0) is 4.79 Å². The quantitative estimate of drug-likeness (QED) is 0.800. The lowest BCUT2D eigenvalue weighted by Crippen LogP contribution is -2.38. The minimum Gasteiger partial charge on any atom is -0.299 e. The summed E-state index contributed by atoms with van der Waals surface area (Å²) in [7, 11) is 0. The van der Waals surface area contributed by atoms with Crippen molar-refractivity contribution in [2.75, 3.05) is 39.3 Å². The van der Waals surface area contributed by atoms with Gasteiger partial charge in [0, 0.05) is 13.1 Å². The minimum atomic E-state index is 0.294. The van der Waals surface area contributed by atoms with Crippen LogP contribution in [0, 0.1) is 5.92 Å². The highest BCUT2D eigenvalue weighted by Gasteiger charge is 2.21. The minimum absolute atomic E-state index is 0.294. The van der Waals surface area contributed by atoms with Crippen LogP contribution in [0.3, 0.4) is 0 Å². The van der Waals surface area contributed by atoms with Gasteiger partial charge in [-0.25, -0.2) is 0 Å². The Morgan fingerprint density at radius 1 is 1.08 bits per heavy atom. The van der Waals surface area contributed by atoms with Gasteiger partial charge in [-0.1, -0.05) is 36.4 Å². The first-order valence-corrected chi connectivity index (χ1v) is 9.39. The molecule has 1 saturated heterocycles. The van der Waals surface area contributed by atoms with Crippen molar-refractivity contribution >= 4 is 11.4 Å². The van der Waals surface area contributed by atoms with Gasteiger partial charge in [0.1, 0.15) is 5.78 Å². The maximum Gasteiger partial charge on any atom is 0.143 e. The molecular formula is C21H30N2O. The summed E-state index contributed by atoms with van der Waals surface area (Å²) in [6.07, 6.45) is 7.40. The van der Waals surface area contributed by atoms with Crippen LogP contribution in [0.25, 0.3) is 5.57 Å². The second-order valence-corrected chi connectivity index (χ2v) is 7.36. The molecule has 3 rings (SSSR count). The van der Waals surface area contributed by atoms with Crippen LogP contribution in [0.2, 0.25) is 0 Å². The summed E-state index contributed by atoms with van der Waals surface area (Å²) in [6.45, 7) is 8.03. The molecule has 24 heavy (non-hydrogen) atoms. The topological polar surface area (TPSA) is 23.6 Å². The molecule has 3 heteroatoms. The van der Waals surface area contributed by atoms with Crippen molar-refractivity contribution in [1.82, 2.24) is 9.80 Å². The summed E-state index contributed by atoms with van der Waals surface area (Å²) in [6, 6.07) is 10.8. The molecule has 0 radical (unpaired) electrons. The van der Waals surface area contributed by atoms with Crippen LogP contribution in [0.15, 0.2) is 36.4 Å². The summed E-state index contributed by atoms with van der Waals surface area (Å²) < 4.78 is 0. The number of hydrogen-bond donors (Lipinski definition) is 0. The van der Waals surface area contributed by atoms with Gasteiger partial charge in [-0.3, -0.25) is 14.6 Å². The smallest absolute Gasteiger partial charge is 0.143 e. The molecule has 2 heterocycles. The van der Waals surface area contributed by atoms with Gasteiger partial charge in [-0.15, -0.1) is 0 Å². The van der Waals surface area contributed by atoms with E-state index in [1.807, 2.05) is 0 Å². The summed E-state index contributed by atoms with van der Waals surface area (Å²) in [5.74, 6) is 1.13. The molecule has 0 unspecified atom stereocenters. The van der Waals surface area contributed by atoms with E-state index < -0.39 is 0 Å². The summed E-state index contributed by atoms with van der Waals surface area (Å²) >= 11 is 0. The number of piperidine rings is 1. The Balaban J connectivity index is 1.38. The fourth-order valence-electron chi connectivity index (χ4n) is 3.94. The van der Waals surface area contributed by atoms with Crippen molar-refractivity contribution in [3.63, 3.8) is 0 Å². The van der Waals surface area contributed by atoms with Crippen molar-refractivity contribution in [2.24, 2.45) is 5.92 Å². The molecule has 1 aromatic rings. The SMILES string of the molecule is CC(=O)CN1CCC(CCN2CC=C(c3ccccc3)CC2)CC1. The lowest BCUT2D eigenvalue weighted by atomic mass is 9.92. The number of hydrogen-bond acceptors (Lipinski definition) is 3. The Bertz CT molecular complexity index is 558. The number of nitrogens with zero attached hydrogens (tertiary/aromatic N) is 2. The molecule has 3 nitrogen and oxygen atoms in total. The third kappa shape index (κ3) is 5.02. The number of carbonyl (C=O) groups excluding carboxylic acids is 1. The Morgan fingerprint density at radius 2 is 1.83 bits per heavy atom. The number of benzene rings is 1. The Kier molecular flexibility index (Phi) is 6.22. The van der Waals surface area contributed by atoms with E-state index in [0.29, 0.717) is 12.3 Å². The molecule has 0 N–H and O–H groups in total. The second-order valence-electron chi connectivity index (χ2n) is 7.36. The molecular weight excluding hydrogens is 296 g/mol. The largest absolute Gasteiger partial charge is 0.299 e. The number of rotatable bonds is 6. The molecule has 0 bridgehead atoms. The monoisotopic (exact) mass is 326 g/mol. The predicted molar refractivity (Wildman–Crippen MR) is 99.9 cm³/mol. The Labute approximate surface area is 146 Å². The van der Waals surface area contributed by atoms with Crippen LogP contribution < -0.4 is 0 Å². The molecule has 0 saturated carbocycles. The summed E-state index contributed by atoms with van der Waals surface area (Å²) in [5, 5.41) is 0. The molecule has 1 aromatic carbocycles. The Hall–Kier alpha value is -1.45. The van der Waals surface area contributed by atoms with E-state index >= 15 is 0 Å². The highest BCUT2D eigenvalue weighted by atomic mass is 16.1. The van der Waals surface area contributed by atoms with Crippen molar-refractivity contribution < 1.29 is 4.79 Å². The van der Waals surface area contributed by atoms with E-state index in [1.165, 1.54) is 49.9 Å². The van der Waals surface area contributed by atoms with E-state index in [9.17, 15) is 4.79 Å². The normalized spacial score (nSPS) is 20.8. The number of carbonyl (C=O) groups is 1. The molecule has 2 aliphatic rings. The van der Waals surface area contributed by atoms with E-state index in [4.69, 9.17) is 0 Å². The van der Waals surface area contributed by atoms with Crippen LogP contribution in [-0.4, -0.2) is 54.9 Å². The standard InChI is InChI=1S/C21H30N2O/c1-18(24)17-23-13-8-19(9-14-23)7-12-22-15-10-21(11-16-22)20-5-3-2-4-6-20/h2-6,10,19H,7-9,11-17H2,1H3. The molecule has 130 valence electrons. The van der Waals surface area contributed by atoms with Crippen molar-refractivity contribution in [3.8, 4) is 0 Å². The van der Waals surface area contributed by atoms with Crippen LogP contribution in [0.1, 0.15) is 38.2 Å². The third-order valence-electron chi connectivity index (χ3n) is 5.44. The van der Waals surface area contributed by atoms with Gasteiger partial charge in [0.15, 0.2) is 0 Å². The van der Waals surface area contributed by atoms with Gasteiger partial charge in [-0.05, 0) is 69.3 Å². The van der Waals surface area contributed by atoms with Gasteiger partial charge >= 0.3 is 0 Å². The Morgan fingerprint density at radius 3 is 2.46 bits per heavy atom. The zero-order valence-corrected chi connectivity index (χ0v) is 14.9. The van der Waals surface area contributed by atoms with Crippen LogP contribution in [0.5, 0.6) is 0 Å². The molecule has 0 aromatic heterocycles. The van der Waals surface area contributed by atoms with Crippen molar-refractivity contribution in [2.45, 2.75) is 32.6 Å². The second kappa shape index (κ2) is 8.59. The molecule has 2 aliphatic heterocycles. The van der Waals surface area contributed by atoms with Crippen LogP contribution in [0.4, 0.5) is 0 Å². The lowest BCUT2D eigenvalue weighted by molar-refractivity contribution is -0.118. The van der Waals surface area contributed by atoms with Crippen LogP contribution >= 0.6 is 0 Å². The van der Waals surface area contributed by atoms with Gasteiger partial charge < -0.3 is 0 Å². The molecule has 0 atom stereocenters. The third-order valence-corrected chi connectivity index (χ3v) is 5.44. The van der Waals surface area contributed by atoms with E-state index in [1.54, 1.807) is 6.92 Å². The van der Waals surface area contributed by atoms with Gasteiger partial charge in [-0.2, -0.15) is 0 Å². The summed E-state index contributed by atoms with van der Waals surface area (Å²) in [4.78, 5) is 16.1. The average Bonchev–Trinajstić information content (AvgIpc) is 2.62. The van der Waals surface area contributed by atoms with Crippen molar-refractivity contribution in [3.05, 3.63) is 42.0 Å². The average molecular weight is 326 g/mol. The van der Waals surface area contributed by atoms with Gasteiger partial charge in [0.25, 0.3) is 0 Å². The number of Topliss-reactive ketones (excluding diaryl/α,β-unsaturated/α-hetero) is 1.